The minimum Gasteiger partial charge on any atom is -0.347 e. The lowest BCUT2D eigenvalue weighted by Crippen LogP contribution is -2.41. The molecule has 0 aliphatic carbocycles. The third kappa shape index (κ3) is 1.69. The molecule has 4 nitrogen and oxygen atoms in total. The summed E-state index contributed by atoms with van der Waals surface area (Å²) in [6, 6.07) is 8.01. The Kier molecular flexibility index (Phi) is 2.35. The average molecular weight is 230 g/mol. The van der Waals surface area contributed by atoms with Gasteiger partial charge in [0.2, 0.25) is 11.8 Å². The summed E-state index contributed by atoms with van der Waals surface area (Å²) in [4.78, 5) is 25.4. The van der Waals surface area contributed by atoms with Crippen LogP contribution >= 0.6 is 0 Å². The van der Waals surface area contributed by atoms with Crippen LogP contribution in [0.4, 0.5) is 0 Å². The van der Waals surface area contributed by atoms with Gasteiger partial charge in [0.25, 0.3) is 0 Å². The van der Waals surface area contributed by atoms with Crippen molar-refractivity contribution >= 4 is 11.8 Å². The zero-order valence-electron chi connectivity index (χ0n) is 9.48. The normalized spacial score (nSPS) is 23.5. The standard InChI is InChI=1S/C13H14N2O2/c16-12-7-11-10-4-2-1-3-9(10)5-6-15(11)13(17)8-14-12/h1-4,11H,5-8H2,(H,14,16). The molecule has 0 radical (unpaired) electrons. The Morgan fingerprint density at radius 2 is 2.06 bits per heavy atom. The first kappa shape index (κ1) is 10.3. The number of carbonyl (C=O) groups is 2. The quantitative estimate of drug-likeness (QED) is 0.710. The molecule has 1 N–H and O–H groups in total. The number of nitrogens with one attached hydrogen (secondary N) is 1. The van der Waals surface area contributed by atoms with Crippen LogP contribution in [-0.4, -0.2) is 29.8 Å². The highest BCUT2D eigenvalue weighted by molar-refractivity contribution is 5.88. The fourth-order valence-electron chi connectivity index (χ4n) is 2.69. The lowest BCUT2D eigenvalue weighted by Gasteiger charge is -2.35. The number of benzene rings is 1. The van der Waals surface area contributed by atoms with Crippen LogP contribution in [0.5, 0.6) is 0 Å². The van der Waals surface area contributed by atoms with E-state index in [1.165, 1.54) is 5.56 Å². The predicted molar refractivity (Wildman–Crippen MR) is 62.2 cm³/mol. The van der Waals surface area contributed by atoms with Gasteiger partial charge in [-0.2, -0.15) is 0 Å². The van der Waals surface area contributed by atoms with E-state index in [2.05, 4.69) is 11.4 Å². The van der Waals surface area contributed by atoms with Gasteiger partial charge < -0.3 is 10.2 Å². The van der Waals surface area contributed by atoms with Crippen molar-refractivity contribution in [3.05, 3.63) is 35.4 Å². The molecule has 0 aromatic heterocycles. The summed E-state index contributed by atoms with van der Waals surface area (Å²) in [5.74, 6) is -0.0158. The van der Waals surface area contributed by atoms with Gasteiger partial charge in [-0.1, -0.05) is 24.3 Å². The molecule has 17 heavy (non-hydrogen) atoms. The summed E-state index contributed by atoms with van der Waals surface area (Å²) < 4.78 is 0. The fourth-order valence-corrected chi connectivity index (χ4v) is 2.69. The second-order valence-electron chi connectivity index (χ2n) is 4.53. The second kappa shape index (κ2) is 3.87. The topological polar surface area (TPSA) is 49.4 Å². The molecule has 1 aromatic carbocycles. The molecule has 4 heteroatoms. The molecular weight excluding hydrogens is 216 g/mol. The molecular formula is C13H14N2O2. The molecule has 2 aliphatic heterocycles. The Morgan fingerprint density at radius 3 is 2.94 bits per heavy atom. The van der Waals surface area contributed by atoms with E-state index in [4.69, 9.17) is 0 Å². The van der Waals surface area contributed by atoms with Gasteiger partial charge in [-0.25, -0.2) is 0 Å². The van der Waals surface area contributed by atoms with Crippen molar-refractivity contribution in [3.8, 4) is 0 Å². The molecule has 1 atom stereocenters. The Hall–Kier alpha value is -1.84. The largest absolute Gasteiger partial charge is 0.347 e. The molecule has 0 bridgehead atoms. The van der Waals surface area contributed by atoms with Crippen molar-refractivity contribution < 1.29 is 9.59 Å². The van der Waals surface area contributed by atoms with Crippen LogP contribution in [0.3, 0.4) is 0 Å². The number of nitrogens with zero attached hydrogens (tertiary/aromatic N) is 1. The van der Waals surface area contributed by atoms with Gasteiger partial charge in [0, 0.05) is 6.54 Å². The third-order valence-electron chi connectivity index (χ3n) is 3.55. The van der Waals surface area contributed by atoms with E-state index in [9.17, 15) is 9.59 Å². The Morgan fingerprint density at radius 1 is 1.24 bits per heavy atom. The summed E-state index contributed by atoms with van der Waals surface area (Å²) in [7, 11) is 0. The van der Waals surface area contributed by atoms with Crippen LogP contribution in [-0.2, 0) is 16.0 Å². The molecule has 2 heterocycles. The van der Waals surface area contributed by atoms with E-state index in [1.807, 2.05) is 23.1 Å². The summed E-state index contributed by atoms with van der Waals surface area (Å²) in [6.45, 7) is 0.854. The van der Waals surface area contributed by atoms with Gasteiger partial charge in [-0.15, -0.1) is 0 Å². The lowest BCUT2D eigenvalue weighted by atomic mass is 9.91. The molecule has 1 aromatic rings. The van der Waals surface area contributed by atoms with E-state index < -0.39 is 0 Å². The molecule has 2 aliphatic rings. The maximum Gasteiger partial charge on any atom is 0.242 e. The van der Waals surface area contributed by atoms with Gasteiger partial charge in [-0.3, -0.25) is 9.59 Å². The highest BCUT2D eigenvalue weighted by Crippen LogP contribution is 2.32. The van der Waals surface area contributed by atoms with Crippen LogP contribution in [0.2, 0.25) is 0 Å². The van der Waals surface area contributed by atoms with Crippen molar-refractivity contribution in [1.29, 1.82) is 0 Å². The lowest BCUT2D eigenvalue weighted by molar-refractivity contribution is -0.132. The first-order valence-corrected chi connectivity index (χ1v) is 5.89. The molecule has 1 saturated heterocycles. The zero-order chi connectivity index (χ0) is 11.8. The van der Waals surface area contributed by atoms with Gasteiger partial charge in [0.15, 0.2) is 0 Å². The molecule has 3 rings (SSSR count). The fraction of sp³-hybridized carbons (Fsp3) is 0.385. The Bertz CT molecular complexity index is 484. The molecule has 88 valence electrons. The SMILES string of the molecule is O=C1CC2c3ccccc3CCN2C(=O)CN1. The molecule has 2 amide bonds. The van der Waals surface area contributed by atoms with E-state index in [-0.39, 0.29) is 24.4 Å². The van der Waals surface area contributed by atoms with Crippen LogP contribution in [0.25, 0.3) is 0 Å². The number of fused-ring (bicyclic) bond motifs is 3. The van der Waals surface area contributed by atoms with E-state index >= 15 is 0 Å². The number of hydrogen-bond acceptors (Lipinski definition) is 2. The van der Waals surface area contributed by atoms with Crippen LogP contribution < -0.4 is 5.32 Å². The van der Waals surface area contributed by atoms with Gasteiger partial charge in [0.1, 0.15) is 0 Å². The summed E-state index contributed by atoms with van der Waals surface area (Å²) >= 11 is 0. The van der Waals surface area contributed by atoms with Gasteiger partial charge in [-0.05, 0) is 17.5 Å². The minimum absolute atomic E-state index is 0.0235. The van der Waals surface area contributed by atoms with Gasteiger partial charge >= 0.3 is 0 Å². The van der Waals surface area contributed by atoms with Crippen molar-refractivity contribution in [2.24, 2.45) is 0 Å². The molecule has 0 spiro atoms. The maximum atomic E-state index is 11.9. The van der Waals surface area contributed by atoms with Crippen molar-refractivity contribution in [1.82, 2.24) is 10.2 Å². The van der Waals surface area contributed by atoms with Crippen LogP contribution in [0.15, 0.2) is 24.3 Å². The highest BCUT2D eigenvalue weighted by atomic mass is 16.2. The first-order chi connectivity index (χ1) is 8.25. The molecule has 1 fully saturated rings. The van der Waals surface area contributed by atoms with E-state index in [0.717, 1.165) is 18.5 Å². The number of hydrogen-bond donors (Lipinski definition) is 1. The van der Waals surface area contributed by atoms with Gasteiger partial charge in [0.05, 0.1) is 19.0 Å². The summed E-state index contributed by atoms with van der Waals surface area (Å²) in [5, 5.41) is 2.65. The number of amides is 2. The van der Waals surface area contributed by atoms with Crippen molar-refractivity contribution in [2.75, 3.05) is 13.1 Å². The minimum atomic E-state index is -0.0741. The highest BCUT2D eigenvalue weighted by Gasteiger charge is 2.34. The molecule has 1 unspecified atom stereocenters. The maximum absolute atomic E-state index is 11.9. The first-order valence-electron chi connectivity index (χ1n) is 5.89. The summed E-state index contributed by atoms with van der Waals surface area (Å²) in [6.07, 6.45) is 1.26. The average Bonchev–Trinajstić information content (AvgIpc) is 2.50. The van der Waals surface area contributed by atoms with Crippen LogP contribution in [0.1, 0.15) is 23.6 Å². The van der Waals surface area contributed by atoms with Crippen LogP contribution in [0, 0.1) is 0 Å². The van der Waals surface area contributed by atoms with E-state index in [1.54, 1.807) is 0 Å². The zero-order valence-corrected chi connectivity index (χ0v) is 9.48. The number of carbonyl (C=O) groups excluding carboxylic acids is 2. The Balaban J connectivity index is 2.04. The van der Waals surface area contributed by atoms with Crippen molar-refractivity contribution in [3.63, 3.8) is 0 Å². The second-order valence-corrected chi connectivity index (χ2v) is 4.53. The van der Waals surface area contributed by atoms with E-state index in [0.29, 0.717) is 6.42 Å². The monoisotopic (exact) mass is 230 g/mol. The summed E-state index contributed by atoms with van der Waals surface area (Å²) in [5.41, 5.74) is 2.39. The third-order valence-corrected chi connectivity index (χ3v) is 3.55. The molecule has 0 saturated carbocycles. The van der Waals surface area contributed by atoms with Crippen molar-refractivity contribution in [2.45, 2.75) is 18.9 Å². The predicted octanol–water partition coefficient (Wildman–Crippen LogP) is 0.632. The number of rotatable bonds is 0. The Labute approximate surface area is 99.6 Å². The smallest absolute Gasteiger partial charge is 0.242 e.